The van der Waals surface area contributed by atoms with E-state index in [1.165, 1.54) is 6.07 Å². The van der Waals surface area contributed by atoms with E-state index in [9.17, 15) is 9.59 Å². The van der Waals surface area contributed by atoms with Crippen molar-refractivity contribution in [2.75, 3.05) is 13.2 Å². The van der Waals surface area contributed by atoms with Gasteiger partial charge in [-0.2, -0.15) is 0 Å². The van der Waals surface area contributed by atoms with Crippen LogP contribution in [0.15, 0.2) is 12.1 Å². The van der Waals surface area contributed by atoms with Crippen LogP contribution in [-0.4, -0.2) is 37.1 Å². The van der Waals surface area contributed by atoms with Gasteiger partial charge >= 0.3 is 0 Å². The second-order valence-electron chi connectivity index (χ2n) is 9.36. The smallest absolute Gasteiger partial charge is 0.255 e. The lowest BCUT2D eigenvalue weighted by Crippen LogP contribution is -2.40. The van der Waals surface area contributed by atoms with Gasteiger partial charge in [-0.1, -0.05) is 27.7 Å². The Kier molecular flexibility index (Phi) is 9.62. The number of ether oxygens (including phenoxy) is 2. The maximum Gasteiger partial charge on any atom is 0.255 e. The third-order valence-electron chi connectivity index (χ3n) is 5.60. The number of benzene rings is 1. The number of hydrogen-bond acceptors (Lipinski definition) is 5. The van der Waals surface area contributed by atoms with Gasteiger partial charge in [0.05, 0.1) is 24.3 Å². The van der Waals surface area contributed by atoms with Crippen LogP contribution in [0.5, 0.6) is 11.5 Å². The molecule has 1 aliphatic carbocycles. The van der Waals surface area contributed by atoms with Gasteiger partial charge in [0.2, 0.25) is 0 Å². The molecule has 0 saturated heterocycles. The van der Waals surface area contributed by atoms with E-state index < -0.39 is 5.91 Å². The molecule has 1 aliphatic rings. The quantitative estimate of drug-likeness (QED) is 0.493. The summed E-state index contributed by atoms with van der Waals surface area (Å²) in [5.41, 5.74) is 12.1. The van der Waals surface area contributed by atoms with E-state index in [2.05, 4.69) is 33.0 Å². The second kappa shape index (κ2) is 11.9. The zero-order valence-corrected chi connectivity index (χ0v) is 19.4. The number of carbonyl (C=O) groups excluding carboxylic acids is 2. The molecule has 0 bridgehead atoms. The molecule has 2 rings (SSSR count). The molecule has 1 fully saturated rings. The molecule has 2 amide bonds. The van der Waals surface area contributed by atoms with Gasteiger partial charge in [-0.15, -0.1) is 0 Å². The normalized spacial score (nSPS) is 18.8. The number of primary amides is 1. The van der Waals surface area contributed by atoms with Crippen LogP contribution in [0.1, 0.15) is 86.9 Å². The first kappa shape index (κ1) is 25.0. The summed E-state index contributed by atoms with van der Waals surface area (Å²) < 4.78 is 11.8. The highest BCUT2D eigenvalue weighted by molar-refractivity contribution is 6.02. The van der Waals surface area contributed by atoms with E-state index in [1.54, 1.807) is 6.07 Å². The van der Waals surface area contributed by atoms with E-state index in [0.717, 1.165) is 38.5 Å². The zero-order chi connectivity index (χ0) is 23.0. The van der Waals surface area contributed by atoms with Crippen LogP contribution in [-0.2, 0) is 0 Å². The summed E-state index contributed by atoms with van der Waals surface area (Å²) in [7, 11) is 0. The van der Waals surface area contributed by atoms with Gasteiger partial charge in [0.15, 0.2) is 0 Å². The number of nitrogens with two attached hydrogens (primary N) is 2. The van der Waals surface area contributed by atoms with E-state index in [-0.39, 0.29) is 23.6 Å². The molecule has 5 N–H and O–H groups in total. The van der Waals surface area contributed by atoms with Crippen molar-refractivity contribution in [3.63, 3.8) is 0 Å². The Morgan fingerprint density at radius 2 is 1.45 bits per heavy atom. The maximum absolute atomic E-state index is 13.1. The van der Waals surface area contributed by atoms with Crippen molar-refractivity contribution >= 4 is 11.8 Å². The summed E-state index contributed by atoms with van der Waals surface area (Å²) in [6, 6.07) is 3.40. The molecule has 1 aromatic rings. The minimum atomic E-state index is -0.633. The van der Waals surface area contributed by atoms with Crippen molar-refractivity contribution in [1.29, 1.82) is 0 Å². The largest absolute Gasteiger partial charge is 0.493 e. The molecule has 0 aromatic heterocycles. The predicted molar refractivity (Wildman–Crippen MR) is 123 cm³/mol. The summed E-state index contributed by atoms with van der Waals surface area (Å²) in [5, 5.41) is 3.07. The fourth-order valence-electron chi connectivity index (χ4n) is 3.51. The molecule has 0 heterocycles. The third-order valence-corrected chi connectivity index (χ3v) is 5.60. The van der Waals surface area contributed by atoms with Crippen LogP contribution in [0.25, 0.3) is 0 Å². The summed E-state index contributed by atoms with van der Waals surface area (Å²) in [5.74, 6) is 0.799. The first-order valence-corrected chi connectivity index (χ1v) is 11.5. The molecule has 1 aromatic carbocycles. The molecule has 0 unspecified atom stereocenters. The minimum absolute atomic E-state index is 0.0646. The molecule has 0 atom stereocenters. The monoisotopic (exact) mass is 433 g/mol. The van der Waals surface area contributed by atoms with Crippen LogP contribution in [0.3, 0.4) is 0 Å². The molecule has 174 valence electrons. The van der Waals surface area contributed by atoms with Gasteiger partial charge < -0.3 is 26.3 Å². The molecular weight excluding hydrogens is 394 g/mol. The van der Waals surface area contributed by atoms with E-state index in [0.29, 0.717) is 42.1 Å². The van der Waals surface area contributed by atoms with Gasteiger partial charge in [0, 0.05) is 18.2 Å². The lowest BCUT2D eigenvalue weighted by atomic mass is 9.91. The number of carbonyl (C=O) groups is 2. The van der Waals surface area contributed by atoms with Crippen molar-refractivity contribution in [3.8, 4) is 11.5 Å². The molecule has 0 radical (unpaired) electrons. The SMILES string of the molecule is CC(C)CCOc1cc(OCCC(C)C)c(C(=O)NC2CCC(N)CC2)cc1C(N)=O. The van der Waals surface area contributed by atoms with Gasteiger partial charge in [-0.3, -0.25) is 9.59 Å². The average molecular weight is 434 g/mol. The van der Waals surface area contributed by atoms with Crippen LogP contribution < -0.4 is 26.3 Å². The summed E-state index contributed by atoms with van der Waals surface area (Å²) >= 11 is 0. The second-order valence-corrected chi connectivity index (χ2v) is 9.36. The van der Waals surface area contributed by atoms with E-state index >= 15 is 0 Å². The summed E-state index contributed by atoms with van der Waals surface area (Å²) in [6.07, 6.45) is 5.15. The lowest BCUT2D eigenvalue weighted by Gasteiger charge is -2.27. The molecule has 7 heteroatoms. The van der Waals surface area contributed by atoms with Gasteiger partial charge in [-0.05, 0) is 56.4 Å². The zero-order valence-electron chi connectivity index (χ0n) is 19.4. The van der Waals surface area contributed by atoms with Crippen molar-refractivity contribution in [2.45, 2.75) is 78.3 Å². The van der Waals surface area contributed by atoms with E-state index in [4.69, 9.17) is 20.9 Å². The Bertz CT molecular complexity index is 741. The lowest BCUT2D eigenvalue weighted by molar-refractivity contribution is 0.0921. The Morgan fingerprint density at radius 3 is 1.94 bits per heavy atom. The fraction of sp³-hybridized carbons (Fsp3) is 0.667. The van der Waals surface area contributed by atoms with Gasteiger partial charge in [0.25, 0.3) is 11.8 Å². The third kappa shape index (κ3) is 8.05. The standard InChI is InChI=1S/C24H39N3O4/c1-15(2)9-11-30-21-14-22(31-12-10-16(3)4)20(13-19(21)23(26)28)24(29)27-18-7-5-17(25)6-8-18/h13-18H,5-12,25H2,1-4H3,(H2,26,28)(H,27,29). The molecule has 31 heavy (non-hydrogen) atoms. The van der Waals surface area contributed by atoms with Crippen molar-refractivity contribution < 1.29 is 19.1 Å². The Balaban J connectivity index is 2.27. The summed E-state index contributed by atoms with van der Waals surface area (Å²) in [6.45, 7) is 9.35. The van der Waals surface area contributed by atoms with E-state index in [1.807, 2.05) is 0 Å². The average Bonchev–Trinajstić information content (AvgIpc) is 2.69. The number of amides is 2. The van der Waals surface area contributed by atoms with Crippen LogP contribution >= 0.6 is 0 Å². The van der Waals surface area contributed by atoms with Gasteiger partial charge in [-0.25, -0.2) is 0 Å². The van der Waals surface area contributed by atoms with Crippen LogP contribution in [0.2, 0.25) is 0 Å². The number of nitrogens with one attached hydrogen (secondary N) is 1. The molecule has 1 saturated carbocycles. The molecule has 7 nitrogen and oxygen atoms in total. The predicted octanol–water partition coefficient (Wildman–Crippen LogP) is 3.64. The first-order valence-electron chi connectivity index (χ1n) is 11.5. The maximum atomic E-state index is 13.1. The highest BCUT2D eigenvalue weighted by atomic mass is 16.5. The van der Waals surface area contributed by atoms with Crippen LogP contribution in [0.4, 0.5) is 0 Å². The fourth-order valence-corrected chi connectivity index (χ4v) is 3.51. The molecule has 0 spiro atoms. The Morgan fingerprint density at radius 1 is 0.935 bits per heavy atom. The topological polar surface area (TPSA) is 117 Å². The molecular formula is C24H39N3O4. The first-order chi connectivity index (χ1) is 14.7. The van der Waals surface area contributed by atoms with Crippen LogP contribution in [0, 0.1) is 11.8 Å². The Labute approximate surface area is 186 Å². The highest BCUT2D eigenvalue weighted by Crippen LogP contribution is 2.31. The minimum Gasteiger partial charge on any atom is -0.493 e. The van der Waals surface area contributed by atoms with Crippen molar-refractivity contribution in [2.24, 2.45) is 23.3 Å². The summed E-state index contributed by atoms with van der Waals surface area (Å²) in [4.78, 5) is 25.2. The highest BCUT2D eigenvalue weighted by Gasteiger charge is 2.25. The van der Waals surface area contributed by atoms with Gasteiger partial charge in [0.1, 0.15) is 11.5 Å². The molecule has 0 aliphatic heterocycles. The number of rotatable bonds is 11. The number of hydrogen-bond donors (Lipinski definition) is 3. The van der Waals surface area contributed by atoms with Crippen molar-refractivity contribution in [1.82, 2.24) is 5.32 Å². The van der Waals surface area contributed by atoms with Crippen molar-refractivity contribution in [3.05, 3.63) is 23.3 Å². The Hall–Kier alpha value is -2.28.